The minimum atomic E-state index is -0.830. The van der Waals surface area contributed by atoms with Gasteiger partial charge in [-0.25, -0.2) is 4.79 Å². The largest absolute Gasteiger partial charge is 0.444 e. The third kappa shape index (κ3) is 11.0. The number of nitrogens with one attached hydrogen (secondary N) is 2. The van der Waals surface area contributed by atoms with Crippen molar-refractivity contribution in [1.82, 2.24) is 15.5 Å². The molecule has 0 aromatic heterocycles. The Hall–Kier alpha value is -2.57. The number of amides is 3. The van der Waals surface area contributed by atoms with Crippen molar-refractivity contribution in [1.29, 1.82) is 0 Å². The van der Waals surface area contributed by atoms with E-state index in [0.29, 0.717) is 12.3 Å². The molecule has 0 saturated heterocycles. The molecule has 216 valence electrons. The maximum Gasteiger partial charge on any atom is 0.408 e. The summed E-state index contributed by atoms with van der Waals surface area (Å²) in [4.78, 5) is 42.8. The number of nitrogens with zero attached hydrogens (tertiary/aromatic N) is 1. The summed E-state index contributed by atoms with van der Waals surface area (Å²) in [6.07, 6.45) is 3.48. The van der Waals surface area contributed by atoms with Gasteiger partial charge in [0.25, 0.3) is 0 Å². The Morgan fingerprint density at radius 2 is 1.50 bits per heavy atom. The highest BCUT2D eigenvalue weighted by Gasteiger charge is 2.40. The van der Waals surface area contributed by atoms with Gasteiger partial charge in [0, 0.05) is 12.1 Å². The molecule has 0 aliphatic carbocycles. The fourth-order valence-corrected chi connectivity index (χ4v) is 4.49. The van der Waals surface area contributed by atoms with Crippen LogP contribution in [0.1, 0.15) is 113 Å². The molecule has 0 saturated carbocycles. The van der Waals surface area contributed by atoms with E-state index < -0.39 is 23.8 Å². The fourth-order valence-electron chi connectivity index (χ4n) is 4.49. The Morgan fingerprint density at radius 1 is 0.895 bits per heavy atom. The van der Waals surface area contributed by atoms with E-state index in [2.05, 4.69) is 31.4 Å². The molecule has 5 unspecified atom stereocenters. The summed E-state index contributed by atoms with van der Waals surface area (Å²) >= 11 is 0. The summed E-state index contributed by atoms with van der Waals surface area (Å²) in [5, 5.41) is 5.99. The van der Waals surface area contributed by atoms with Crippen LogP contribution < -0.4 is 10.6 Å². The minimum Gasteiger partial charge on any atom is -0.444 e. The van der Waals surface area contributed by atoms with Crippen molar-refractivity contribution in [2.24, 2.45) is 11.8 Å². The Bertz CT molecular complexity index is 866. The predicted molar refractivity (Wildman–Crippen MR) is 155 cm³/mol. The normalized spacial score (nSPS) is 15.7. The van der Waals surface area contributed by atoms with Gasteiger partial charge in [0.2, 0.25) is 11.8 Å². The minimum absolute atomic E-state index is 0.0214. The number of benzene rings is 1. The van der Waals surface area contributed by atoms with Crippen LogP contribution in [0, 0.1) is 11.8 Å². The van der Waals surface area contributed by atoms with Gasteiger partial charge in [-0.2, -0.15) is 0 Å². The fraction of sp³-hybridized carbons (Fsp3) is 0.710. The Balaban J connectivity index is 3.59. The van der Waals surface area contributed by atoms with Crippen LogP contribution in [0.4, 0.5) is 4.79 Å². The Kier molecular flexibility index (Phi) is 13.9. The van der Waals surface area contributed by atoms with Crippen LogP contribution in [0.3, 0.4) is 0 Å². The number of alkyl carbamates (subject to hydrolysis) is 1. The zero-order chi connectivity index (χ0) is 29.0. The molecule has 0 bridgehead atoms. The molecule has 0 radical (unpaired) electrons. The zero-order valence-electron chi connectivity index (χ0n) is 25.5. The van der Waals surface area contributed by atoms with E-state index in [9.17, 15) is 14.4 Å². The molecule has 3 amide bonds. The van der Waals surface area contributed by atoms with Gasteiger partial charge in [0.15, 0.2) is 0 Å². The Morgan fingerprint density at radius 3 is 2.00 bits per heavy atom. The summed E-state index contributed by atoms with van der Waals surface area (Å²) in [5.41, 5.74) is 0.0535. The van der Waals surface area contributed by atoms with E-state index >= 15 is 0 Å². The molecule has 0 heterocycles. The highest BCUT2D eigenvalue weighted by atomic mass is 16.6. The van der Waals surface area contributed by atoms with E-state index in [1.165, 1.54) is 0 Å². The molecule has 1 rings (SSSR count). The summed E-state index contributed by atoms with van der Waals surface area (Å²) < 4.78 is 5.50. The second-order valence-corrected chi connectivity index (χ2v) is 12.1. The molecule has 1 aromatic rings. The van der Waals surface area contributed by atoms with Crippen molar-refractivity contribution in [2.75, 3.05) is 0 Å². The SMILES string of the molecule is CCCC(C)NC(=O)C(c1ccccc1)N(C(=O)C(NC(=O)OC(C)(C)C)C(C)CC)C(C)CCC(C)C. The number of carbonyl (C=O) groups is 3. The number of rotatable bonds is 14. The molecule has 38 heavy (non-hydrogen) atoms. The highest BCUT2D eigenvalue weighted by Crippen LogP contribution is 2.29. The van der Waals surface area contributed by atoms with Crippen LogP contribution >= 0.6 is 0 Å². The van der Waals surface area contributed by atoms with E-state index in [1.807, 2.05) is 58.0 Å². The molecule has 0 fully saturated rings. The van der Waals surface area contributed by atoms with Gasteiger partial charge in [-0.3, -0.25) is 9.59 Å². The van der Waals surface area contributed by atoms with Gasteiger partial charge < -0.3 is 20.3 Å². The first-order chi connectivity index (χ1) is 17.7. The van der Waals surface area contributed by atoms with Gasteiger partial charge in [0.1, 0.15) is 17.7 Å². The molecule has 5 atom stereocenters. The van der Waals surface area contributed by atoms with E-state index in [-0.39, 0.29) is 29.8 Å². The van der Waals surface area contributed by atoms with Crippen molar-refractivity contribution < 1.29 is 19.1 Å². The first-order valence-corrected chi connectivity index (χ1v) is 14.4. The second kappa shape index (κ2) is 15.7. The molecule has 1 aromatic carbocycles. The topological polar surface area (TPSA) is 87.7 Å². The smallest absolute Gasteiger partial charge is 0.408 e. The molecule has 0 aliphatic heterocycles. The summed E-state index contributed by atoms with van der Waals surface area (Å²) in [5.74, 6) is -0.183. The lowest BCUT2D eigenvalue weighted by Crippen LogP contribution is -2.57. The average Bonchev–Trinajstić information content (AvgIpc) is 2.82. The van der Waals surface area contributed by atoms with E-state index in [4.69, 9.17) is 4.74 Å². The molecule has 0 spiro atoms. The summed E-state index contributed by atoms with van der Waals surface area (Å²) in [7, 11) is 0. The van der Waals surface area contributed by atoms with Gasteiger partial charge >= 0.3 is 6.09 Å². The number of ether oxygens (including phenoxy) is 1. The van der Waals surface area contributed by atoms with Crippen LogP contribution in [-0.2, 0) is 14.3 Å². The van der Waals surface area contributed by atoms with Crippen LogP contribution in [-0.4, -0.2) is 46.5 Å². The lowest BCUT2D eigenvalue weighted by molar-refractivity contribution is -0.146. The van der Waals surface area contributed by atoms with Crippen molar-refractivity contribution in [3.05, 3.63) is 35.9 Å². The first-order valence-electron chi connectivity index (χ1n) is 14.4. The van der Waals surface area contributed by atoms with Gasteiger partial charge in [0.05, 0.1) is 0 Å². The number of carbonyl (C=O) groups excluding carboxylic acids is 3. The van der Waals surface area contributed by atoms with Gasteiger partial charge in [-0.05, 0) is 71.3 Å². The summed E-state index contributed by atoms with van der Waals surface area (Å²) in [6, 6.07) is 7.56. The van der Waals surface area contributed by atoms with Gasteiger partial charge in [-0.1, -0.05) is 77.8 Å². The van der Waals surface area contributed by atoms with E-state index in [1.54, 1.807) is 25.7 Å². The first kappa shape index (κ1) is 33.5. The molecule has 7 heteroatoms. The third-order valence-electron chi connectivity index (χ3n) is 6.79. The monoisotopic (exact) mass is 531 g/mol. The quantitative estimate of drug-likeness (QED) is 0.282. The average molecular weight is 532 g/mol. The number of hydrogen-bond acceptors (Lipinski definition) is 4. The van der Waals surface area contributed by atoms with Crippen LogP contribution in [0.25, 0.3) is 0 Å². The molecule has 0 aliphatic rings. The lowest BCUT2D eigenvalue weighted by atomic mass is 9.93. The molecular weight excluding hydrogens is 478 g/mol. The number of hydrogen-bond donors (Lipinski definition) is 2. The standard InChI is InChI=1S/C31H53N3O4/c1-11-16-23(6)32-28(35)27(25-17-14-13-15-18-25)34(24(7)20-19-21(3)4)29(36)26(22(5)12-2)33-30(37)38-31(8,9)10/h13-15,17-18,21-24,26-27H,11-12,16,19-20H2,1-10H3,(H,32,35)(H,33,37). The van der Waals surface area contributed by atoms with Crippen molar-refractivity contribution in [2.45, 2.75) is 131 Å². The second-order valence-electron chi connectivity index (χ2n) is 12.1. The third-order valence-corrected chi connectivity index (χ3v) is 6.79. The van der Waals surface area contributed by atoms with Crippen molar-refractivity contribution in [3.63, 3.8) is 0 Å². The predicted octanol–water partition coefficient (Wildman–Crippen LogP) is 6.63. The van der Waals surface area contributed by atoms with Crippen LogP contribution in [0.5, 0.6) is 0 Å². The van der Waals surface area contributed by atoms with Crippen molar-refractivity contribution >= 4 is 17.9 Å². The van der Waals surface area contributed by atoms with Crippen molar-refractivity contribution in [3.8, 4) is 0 Å². The highest BCUT2D eigenvalue weighted by molar-refractivity contribution is 5.92. The molecule has 2 N–H and O–H groups in total. The van der Waals surface area contributed by atoms with Gasteiger partial charge in [-0.15, -0.1) is 0 Å². The summed E-state index contributed by atoms with van der Waals surface area (Å²) in [6.45, 7) is 19.7. The Labute approximate surface area is 231 Å². The molecule has 7 nitrogen and oxygen atoms in total. The maximum atomic E-state index is 14.4. The van der Waals surface area contributed by atoms with E-state index in [0.717, 1.165) is 31.2 Å². The van der Waals surface area contributed by atoms with Crippen LogP contribution in [0.2, 0.25) is 0 Å². The zero-order valence-corrected chi connectivity index (χ0v) is 25.5. The lowest BCUT2D eigenvalue weighted by Gasteiger charge is -2.40. The molecular formula is C31H53N3O4. The van der Waals surface area contributed by atoms with Crippen LogP contribution in [0.15, 0.2) is 30.3 Å². The maximum absolute atomic E-state index is 14.4.